The Labute approximate surface area is 143 Å². The van der Waals surface area contributed by atoms with Crippen molar-refractivity contribution in [2.45, 2.75) is 39.7 Å². The molecule has 24 heavy (non-hydrogen) atoms. The molecule has 0 aromatic heterocycles. The van der Waals surface area contributed by atoms with Crippen molar-refractivity contribution in [1.29, 1.82) is 0 Å². The molecule has 0 saturated carbocycles. The molecule has 0 bridgehead atoms. The van der Waals surface area contributed by atoms with E-state index in [9.17, 15) is 15.0 Å². The normalized spacial score (nSPS) is 11.2. The van der Waals surface area contributed by atoms with Crippen LogP contribution in [-0.4, -0.2) is 21.6 Å². The lowest BCUT2D eigenvalue weighted by Gasteiger charge is -2.15. The van der Waals surface area contributed by atoms with Crippen LogP contribution in [0.1, 0.15) is 54.7 Å². The first-order chi connectivity index (χ1) is 11.2. The zero-order valence-corrected chi connectivity index (χ0v) is 14.6. The fraction of sp³-hybridized carbons (Fsp3) is 0.286. The third-order valence-electron chi connectivity index (χ3n) is 3.88. The number of hydrogen-bond donors (Lipinski definition) is 2. The summed E-state index contributed by atoms with van der Waals surface area (Å²) in [6, 6.07) is 15.1. The minimum atomic E-state index is -1.36. The molecule has 0 heterocycles. The van der Waals surface area contributed by atoms with Gasteiger partial charge in [-0.05, 0) is 50.8 Å². The fourth-order valence-electron chi connectivity index (χ4n) is 2.43. The van der Waals surface area contributed by atoms with Crippen LogP contribution in [0.25, 0.3) is 5.76 Å². The van der Waals surface area contributed by atoms with Crippen molar-refractivity contribution in [2.75, 3.05) is 0 Å². The molecular weight excluding hydrogens is 300 g/mol. The van der Waals surface area contributed by atoms with E-state index in [0.717, 1.165) is 28.7 Å². The van der Waals surface area contributed by atoms with Crippen molar-refractivity contribution >= 4 is 11.5 Å². The standard InChI is InChI=1S/C21H24O3/c1-14(2)19(22)17-9-5-15(6-10-17)13-16-7-11-18(12-8-16)20(23)21(3,4)24/h5-12,22,24H,13H2,1-4H3. The number of allylic oxidation sites excluding steroid dienone is 1. The van der Waals surface area contributed by atoms with Crippen molar-refractivity contribution in [1.82, 2.24) is 0 Å². The molecule has 0 radical (unpaired) electrons. The Morgan fingerprint density at radius 2 is 1.29 bits per heavy atom. The largest absolute Gasteiger partial charge is 0.507 e. The molecule has 0 aliphatic carbocycles. The number of Topliss-reactive ketones (excluding diaryl/α,β-unsaturated/α-hetero) is 1. The molecule has 0 atom stereocenters. The molecule has 2 rings (SSSR count). The van der Waals surface area contributed by atoms with E-state index in [0.29, 0.717) is 11.3 Å². The van der Waals surface area contributed by atoms with Crippen LogP contribution >= 0.6 is 0 Å². The van der Waals surface area contributed by atoms with Gasteiger partial charge in [-0.25, -0.2) is 0 Å². The second-order valence-electron chi connectivity index (χ2n) is 6.81. The Hall–Kier alpha value is -2.39. The molecule has 0 fully saturated rings. The minimum absolute atomic E-state index is 0.282. The maximum absolute atomic E-state index is 12.0. The summed E-state index contributed by atoms with van der Waals surface area (Å²) in [5, 5.41) is 19.7. The smallest absolute Gasteiger partial charge is 0.193 e. The average Bonchev–Trinajstić information content (AvgIpc) is 2.54. The van der Waals surface area contributed by atoms with Crippen LogP contribution in [0.5, 0.6) is 0 Å². The van der Waals surface area contributed by atoms with E-state index >= 15 is 0 Å². The number of carbonyl (C=O) groups excluding carboxylic acids is 1. The molecule has 0 saturated heterocycles. The summed E-state index contributed by atoms with van der Waals surface area (Å²) in [5.74, 6) is 0.0339. The molecular formula is C21H24O3. The van der Waals surface area contributed by atoms with Crippen LogP contribution < -0.4 is 0 Å². The van der Waals surface area contributed by atoms with E-state index < -0.39 is 5.60 Å². The summed E-state index contributed by atoms with van der Waals surface area (Å²) in [5.41, 5.74) is 3.06. The highest BCUT2D eigenvalue weighted by atomic mass is 16.3. The van der Waals surface area contributed by atoms with E-state index in [2.05, 4.69) is 0 Å². The molecule has 0 aliphatic rings. The third-order valence-corrected chi connectivity index (χ3v) is 3.88. The van der Waals surface area contributed by atoms with Crippen LogP contribution in [-0.2, 0) is 6.42 Å². The average molecular weight is 324 g/mol. The second kappa shape index (κ2) is 7.02. The summed E-state index contributed by atoms with van der Waals surface area (Å²) in [6.45, 7) is 6.73. The maximum atomic E-state index is 12.0. The zero-order chi connectivity index (χ0) is 17.9. The van der Waals surface area contributed by atoms with Gasteiger partial charge in [0.2, 0.25) is 0 Å². The molecule has 3 heteroatoms. The summed E-state index contributed by atoms with van der Waals surface area (Å²) in [7, 11) is 0. The molecule has 126 valence electrons. The first kappa shape index (κ1) is 18.0. The lowest BCUT2D eigenvalue weighted by molar-refractivity contribution is 0.0488. The number of ketones is 1. The molecule has 2 aromatic carbocycles. The molecule has 0 spiro atoms. The molecule has 3 nitrogen and oxygen atoms in total. The summed E-state index contributed by atoms with van der Waals surface area (Å²) >= 11 is 0. The number of carbonyl (C=O) groups is 1. The van der Waals surface area contributed by atoms with Gasteiger partial charge in [0, 0.05) is 11.1 Å². The van der Waals surface area contributed by atoms with Gasteiger partial charge in [-0.1, -0.05) is 48.5 Å². The monoisotopic (exact) mass is 324 g/mol. The van der Waals surface area contributed by atoms with Crippen molar-refractivity contribution in [3.05, 3.63) is 76.4 Å². The zero-order valence-electron chi connectivity index (χ0n) is 14.6. The van der Waals surface area contributed by atoms with Gasteiger partial charge in [0.1, 0.15) is 11.4 Å². The predicted molar refractivity (Wildman–Crippen MR) is 97.2 cm³/mol. The van der Waals surface area contributed by atoms with Gasteiger partial charge in [0.05, 0.1) is 0 Å². The van der Waals surface area contributed by atoms with E-state index in [-0.39, 0.29) is 5.78 Å². The quantitative estimate of drug-likeness (QED) is 0.627. The van der Waals surface area contributed by atoms with Gasteiger partial charge >= 0.3 is 0 Å². The highest BCUT2D eigenvalue weighted by Crippen LogP contribution is 2.19. The second-order valence-corrected chi connectivity index (χ2v) is 6.81. The van der Waals surface area contributed by atoms with Gasteiger partial charge in [-0.15, -0.1) is 0 Å². The van der Waals surface area contributed by atoms with E-state index in [1.54, 1.807) is 12.1 Å². The Morgan fingerprint density at radius 3 is 1.67 bits per heavy atom. The highest BCUT2D eigenvalue weighted by molar-refractivity contribution is 6.01. The molecule has 0 unspecified atom stereocenters. The number of aliphatic hydroxyl groups excluding tert-OH is 1. The van der Waals surface area contributed by atoms with Gasteiger partial charge in [0.15, 0.2) is 5.78 Å². The lowest BCUT2D eigenvalue weighted by Crippen LogP contribution is -2.31. The maximum Gasteiger partial charge on any atom is 0.193 e. The third kappa shape index (κ3) is 4.33. The van der Waals surface area contributed by atoms with Crippen LogP contribution in [0.3, 0.4) is 0 Å². The Morgan fingerprint density at radius 1 is 0.875 bits per heavy atom. The fourth-order valence-corrected chi connectivity index (χ4v) is 2.43. The van der Waals surface area contributed by atoms with Crippen molar-refractivity contribution < 1.29 is 15.0 Å². The van der Waals surface area contributed by atoms with Gasteiger partial charge in [-0.2, -0.15) is 0 Å². The molecule has 2 aromatic rings. The molecule has 2 N–H and O–H groups in total. The number of benzene rings is 2. The summed E-state index contributed by atoms with van der Waals surface area (Å²) in [4.78, 5) is 12.0. The van der Waals surface area contributed by atoms with Crippen LogP contribution in [0.15, 0.2) is 54.1 Å². The first-order valence-corrected chi connectivity index (χ1v) is 8.00. The first-order valence-electron chi connectivity index (χ1n) is 8.00. The Kier molecular flexibility index (Phi) is 5.25. The van der Waals surface area contributed by atoms with Gasteiger partial charge < -0.3 is 10.2 Å². The number of rotatable bonds is 5. The van der Waals surface area contributed by atoms with Crippen LogP contribution in [0.2, 0.25) is 0 Å². The minimum Gasteiger partial charge on any atom is -0.507 e. The van der Waals surface area contributed by atoms with Crippen molar-refractivity contribution in [2.24, 2.45) is 0 Å². The topological polar surface area (TPSA) is 57.5 Å². The van der Waals surface area contributed by atoms with Crippen LogP contribution in [0.4, 0.5) is 0 Å². The SMILES string of the molecule is CC(C)=C(O)c1ccc(Cc2ccc(C(=O)C(C)(C)O)cc2)cc1. The van der Waals surface area contributed by atoms with E-state index in [4.69, 9.17) is 0 Å². The molecule has 0 aliphatic heterocycles. The number of hydrogen-bond acceptors (Lipinski definition) is 3. The lowest BCUT2D eigenvalue weighted by atomic mass is 9.95. The van der Waals surface area contributed by atoms with E-state index in [1.807, 2.05) is 50.2 Å². The Balaban J connectivity index is 2.12. The number of aliphatic hydroxyl groups is 2. The molecule has 0 amide bonds. The summed E-state index contributed by atoms with van der Waals surface area (Å²) < 4.78 is 0. The highest BCUT2D eigenvalue weighted by Gasteiger charge is 2.24. The van der Waals surface area contributed by atoms with Crippen molar-refractivity contribution in [3.63, 3.8) is 0 Å². The van der Waals surface area contributed by atoms with Gasteiger partial charge in [-0.3, -0.25) is 4.79 Å². The summed E-state index contributed by atoms with van der Waals surface area (Å²) in [6.07, 6.45) is 0.743. The van der Waals surface area contributed by atoms with E-state index in [1.165, 1.54) is 13.8 Å². The predicted octanol–water partition coefficient (Wildman–Crippen LogP) is 4.54. The Bertz CT molecular complexity index is 741. The van der Waals surface area contributed by atoms with Crippen molar-refractivity contribution in [3.8, 4) is 0 Å². The van der Waals surface area contributed by atoms with Gasteiger partial charge in [0.25, 0.3) is 0 Å². The van der Waals surface area contributed by atoms with Crippen LogP contribution in [0, 0.1) is 0 Å².